The summed E-state index contributed by atoms with van der Waals surface area (Å²) in [6.07, 6.45) is 1.88. The lowest BCUT2D eigenvalue weighted by molar-refractivity contribution is 0.644. The van der Waals surface area contributed by atoms with Crippen molar-refractivity contribution in [1.82, 2.24) is 4.98 Å². The first-order valence-corrected chi connectivity index (χ1v) is 7.60. The molecule has 0 fully saturated rings. The molecule has 0 saturated carbocycles. The number of thiazole rings is 1. The van der Waals surface area contributed by atoms with Crippen LogP contribution in [0.3, 0.4) is 0 Å². The Hall–Kier alpha value is -0.460. The Morgan fingerprint density at radius 1 is 1.35 bits per heavy atom. The summed E-state index contributed by atoms with van der Waals surface area (Å²) in [5, 5.41) is 3.24. The van der Waals surface area contributed by atoms with Crippen molar-refractivity contribution in [3.8, 4) is 11.3 Å². The average Bonchev–Trinajstić information content (AvgIpc) is 2.78. The van der Waals surface area contributed by atoms with E-state index in [2.05, 4.69) is 64.1 Å². The number of halogens is 1. The van der Waals surface area contributed by atoms with Crippen LogP contribution in [0.5, 0.6) is 0 Å². The van der Waals surface area contributed by atoms with Gasteiger partial charge < -0.3 is 5.73 Å². The molecule has 17 heavy (non-hydrogen) atoms. The largest absolute Gasteiger partial charge is 0.327 e. The molecule has 1 atom stereocenters. The van der Waals surface area contributed by atoms with Crippen molar-refractivity contribution in [1.29, 1.82) is 0 Å². The number of aromatic nitrogens is 1. The zero-order chi connectivity index (χ0) is 12.3. The van der Waals surface area contributed by atoms with Crippen LogP contribution in [0, 0.1) is 3.57 Å². The third-order valence-corrected chi connectivity index (χ3v) is 4.24. The highest BCUT2D eigenvalue weighted by Crippen LogP contribution is 2.23. The van der Waals surface area contributed by atoms with Crippen molar-refractivity contribution in [3.63, 3.8) is 0 Å². The Balaban J connectivity index is 2.15. The fraction of sp³-hybridized carbons (Fsp3) is 0.308. The van der Waals surface area contributed by atoms with Crippen molar-refractivity contribution in [3.05, 3.63) is 38.2 Å². The molecule has 0 radical (unpaired) electrons. The summed E-state index contributed by atoms with van der Waals surface area (Å²) in [6.45, 7) is 2.11. The predicted octanol–water partition coefficient (Wildman–Crippen LogP) is 3.69. The Morgan fingerprint density at radius 3 is 2.71 bits per heavy atom. The van der Waals surface area contributed by atoms with Gasteiger partial charge in [0.05, 0.1) is 10.7 Å². The van der Waals surface area contributed by atoms with Crippen molar-refractivity contribution in [2.24, 2.45) is 5.73 Å². The van der Waals surface area contributed by atoms with Gasteiger partial charge in [-0.2, -0.15) is 0 Å². The minimum Gasteiger partial charge on any atom is -0.327 e. The fourth-order valence-corrected chi connectivity index (χ4v) is 2.78. The van der Waals surface area contributed by atoms with E-state index in [4.69, 9.17) is 5.73 Å². The molecule has 0 bridgehead atoms. The Kier molecular flexibility index (Phi) is 4.53. The van der Waals surface area contributed by atoms with E-state index in [1.54, 1.807) is 11.3 Å². The fourth-order valence-electron chi connectivity index (χ4n) is 1.53. The maximum absolute atomic E-state index is 5.94. The van der Waals surface area contributed by atoms with Crippen molar-refractivity contribution < 1.29 is 0 Å². The zero-order valence-corrected chi connectivity index (χ0v) is 12.7. The summed E-state index contributed by atoms with van der Waals surface area (Å²) < 4.78 is 1.25. The molecule has 0 aliphatic rings. The van der Waals surface area contributed by atoms with Gasteiger partial charge >= 0.3 is 0 Å². The minimum atomic E-state index is 0.228. The van der Waals surface area contributed by atoms with Crippen LogP contribution in [0.2, 0.25) is 0 Å². The van der Waals surface area contributed by atoms with E-state index in [1.807, 2.05) is 0 Å². The highest BCUT2D eigenvalue weighted by molar-refractivity contribution is 14.1. The van der Waals surface area contributed by atoms with Gasteiger partial charge in [-0.25, -0.2) is 4.98 Å². The van der Waals surface area contributed by atoms with Gasteiger partial charge in [0.25, 0.3) is 0 Å². The number of nitrogens with two attached hydrogens (primary N) is 1. The van der Waals surface area contributed by atoms with Crippen molar-refractivity contribution >= 4 is 33.9 Å². The van der Waals surface area contributed by atoms with Crippen LogP contribution >= 0.6 is 33.9 Å². The van der Waals surface area contributed by atoms with E-state index in [0.29, 0.717) is 0 Å². The van der Waals surface area contributed by atoms with E-state index in [9.17, 15) is 0 Å². The summed E-state index contributed by atoms with van der Waals surface area (Å²) in [5.74, 6) is 0. The molecule has 1 aromatic heterocycles. The molecule has 4 heteroatoms. The van der Waals surface area contributed by atoms with Gasteiger partial charge in [0.15, 0.2) is 0 Å². The van der Waals surface area contributed by atoms with E-state index in [0.717, 1.165) is 23.5 Å². The highest BCUT2D eigenvalue weighted by Gasteiger charge is 2.07. The van der Waals surface area contributed by atoms with Crippen LogP contribution < -0.4 is 5.73 Å². The van der Waals surface area contributed by atoms with Crippen molar-refractivity contribution in [2.45, 2.75) is 25.8 Å². The molecule has 1 heterocycles. The topological polar surface area (TPSA) is 38.9 Å². The van der Waals surface area contributed by atoms with Crippen LogP contribution in [-0.2, 0) is 6.42 Å². The molecule has 0 spiro atoms. The first-order chi connectivity index (χ1) is 8.19. The summed E-state index contributed by atoms with van der Waals surface area (Å²) in [5.41, 5.74) is 8.18. The first kappa shape index (κ1) is 13.0. The molecular formula is C13H15IN2S. The summed E-state index contributed by atoms with van der Waals surface area (Å²) in [7, 11) is 0. The molecule has 2 nitrogen and oxygen atoms in total. The number of rotatable bonds is 4. The average molecular weight is 358 g/mol. The van der Waals surface area contributed by atoms with Gasteiger partial charge in [-0.05, 0) is 41.1 Å². The Bertz CT molecular complexity index is 478. The van der Waals surface area contributed by atoms with Crippen LogP contribution in [0.25, 0.3) is 11.3 Å². The monoisotopic (exact) mass is 358 g/mol. The van der Waals surface area contributed by atoms with E-state index < -0.39 is 0 Å². The van der Waals surface area contributed by atoms with E-state index in [1.165, 1.54) is 9.13 Å². The summed E-state index contributed by atoms with van der Waals surface area (Å²) in [4.78, 5) is 4.63. The molecule has 1 aromatic carbocycles. The molecule has 0 aliphatic heterocycles. The standard InChI is InChI=1S/C13H15IN2S/c1-2-11(15)7-13-16-12(8-17-13)9-3-5-10(14)6-4-9/h3-6,8,11H,2,7,15H2,1H3. The number of hydrogen-bond donors (Lipinski definition) is 1. The van der Waals surface area contributed by atoms with Gasteiger partial charge in [-0.1, -0.05) is 19.1 Å². The second kappa shape index (κ2) is 5.93. The second-order valence-electron chi connectivity index (χ2n) is 4.01. The van der Waals surface area contributed by atoms with Crippen LogP contribution in [0.1, 0.15) is 18.4 Å². The van der Waals surface area contributed by atoms with Crippen molar-refractivity contribution in [2.75, 3.05) is 0 Å². The van der Waals surface area contributed by atoms with Gasteiger partial charge in [0.1, 0.15) is 0 Å². The SMILES string of the molecule is CCC(N)Cc1nc(-c2ccc(I)cc2)cs1. The minimum absolute atomic E-state index is 0.228. The highest BCUT2D eigenvalue weighted by atomic mass is 127. The normalized spacial score (nSPS) is 12.6. The molecule has 0 amide bonds. The molecule has 2 aromatic rings. The predicted molar refractivity (Wildman–Crippen MR) is 82.2 cm³/mol. The van der Waals surface area contributed by atoms with Crippen LogP contribution in [0.4, 0.5) is 0 Å². The van der Waals surface area contributed by atoms with Gasteiger partial charge in [0.2, 0.25) is 0 Å². The molecular weight excluding hydrogens is 343 g/mol. The number of hydrogen-bond acceptors (Lipinski definition) is 3. The Labute approximate surface area is 119 Å². The number of nitrogens with zero attached hydrogens (tertiary/aromatic N) is 1. The van der Waals surface area contributed by atoms with Crippen LogP contribution in [-0.4, -0.2) is 11.0 Å². The molecule has 2 rings (SSSR count). The third-order valence-electron chi connectivity index (χ3n) is 2.65. The maximum atomic E-state index is 5.94. The lowest BCUT2D eigenvalue weighted by atomic mass is 10.1. The number of benzene rings is 1. The first-order valence-electron chi connectivity index (χ1n) is 5.65. The van der Waals surface area contributed by atoms with Gasteiger partial charge in [-0.3, -0.25) is 0 Å². The third kappa shape index (κ3) is 3.50. The quantitative estimate of drug-likeness (QED) is 0.847. The molecule has 2 N–H and O–H groups in total. The lowest BCUT2D eigenvalue weighted by Crippen LogP contribution is -2.21. The summed E-state index contributed by atoms with van der Waals surface area (Å²) >= 11 is 4.01. The molecule has 0 aliphatic carbocycles. The molecule has 0 saturated heterocycles. The van der Waals surface area contributed by atoms with E-state index >= 15 is 0 Å². The summed E-state index contributed by atoms with van der Waals surface area (Å²) in [6, 6.07) is 8.66. The molecule has 90 valence electrons. The Morgan fingerprint density at radius 2 is 2.06 bits per heavy atom. The van der Waals surface area contributed by atoms with Gasteiger partial charge in [-0.15, -0.1) is 11.3 Å². The molecule has 1 unspecified atom stereocenters. The zero-order valence-electron chi connectivity index (χ0n) is 9.69. The lowest BCUT2D eigenvalue weighted by Gasteiger charge is -2.04. The maximum Gasteiger partial charge on any atom is 0.0948 e. The smallest absolute Gasteiger partial charge is 0.0948 e. The van der Waals surface area contributed by atoms with E-state index in [-0.39, 0.29) is 6.04 Å². The second-order valence-corrected chi connectivity index (χ2v) is 6.19. The van der Waals surface area contributed by atoms with Crippen LogP contribution in [0.15, 0.2) is 29.6 Å². The van der Waals surface area contributed by atoms with Gasteiger partial charge in [0, 0.05) is 27.0 Å².